The van der Waals surface area contributed by atoms with Crippen molar-refractivity contribution in [1.82, 2.24) is 9.97 Å². The van der Waals surface area contributed by atoms with Gasteiger partial charge in [0.25, 0.3) is 0 Å². The Labute approximate surface area is 115 Å². The molecule has 0 bridgehead atoms. The summed E-state index contributed by atoms with van der Waals surface area (Å²) in [5.41, 5.74) is 0. The number of rotatable bonds is 6. The van der Waals surface area contributed by atoms with Crippen molar-refractivity contribution >= 4 is 11.8 Å². The maximum absolute atomic E-state index is 5.67. The Bertz CT molecular complexity index is 377. The van der Waals surface area contributed by atoms with Gasteiger partial charge in [-0.1, -0.05) is 6.92 Å². The fraction of sp³-hybridized carbons (Fsp3) is 0.714. The van der Waals surface area contributed by atoms with Crippen LogP contribution < -0.4 is 10.2 Å². The molecule has 1 aromatic rings. The summed E-state index contributed by atoms with van der Waals surface area (Å²) in [5, 5.41) is 3.23. The number of ether oxygens (including phenoxy) is 1. The van der Waals surface area contributed by atoms with Crippen LogP contribution in [0.1, 0.15) is 33.1 Å². The second-order valence-electron chi connectivity index (χ2n) is 4.81. The molecule has 1 fully saturated rings. The summed E-state index contributed by atoms with van der Waals surface area (Å²) in [7, 11) is 0. The number of anilines is 2. The fourth-order valence-electron chi connectivity index (χ4n) is 2.33. The largest absolute Gasteiger partial charge is 0.378 e. The maximum atomic E-state index is 5.67. The average Bonchev–Trinajstić information content (AvgIpc) is 2.46. The molecule has 0 aliphatic carbocycles. The highest BCUT2D eigenvalue weighted by Crippen LogP contribution is 2.20. The zero-order valence-electron chi connectivity index (χ0n) is 11.9. The Balaban J connectivity index is 1.91. The molecular formula is C14H24N4O. The predicted molar refractivity (Wildman–Crippen MR) is 77.7 cm³/mol. The molecule has 1 N–H and O–H groups in total. The van der Waals surface area contributed by atoms with E-state index in [4.69, 9.17) is 4.74 Å². The molecule has 0 atom stereocenters. The van der Waals surface area contributed by atoms with Gasteiger partial charge in [-0.3, -0.25) is 0 Å². The third kappa shape index (κ3) is 4.06. The zero-order valence-corrected chi connectivity index (χ0v) is 11.9. The highest BCUT2D eigenvalue weighted by atomic mass is 16.5. The molecule has 1 aromatic heterocycles. The lowest BCUT2D eigenvalue weighted by atomic mass is 10.1. The van der Waals surface area contributed by atoms with Gasteiger partial charge in [-0.25, -0.2) is 4.98 Å². The zero-order chi connectivity index (χ0) is 13.5. The summed E-state index contributed by atoms with van der Waals surface area (Å²) in [6.07, 6.45) is 5.48. The molecular weight excluding hydrogens is 240 g/mol. The van der Waals surface area contributed by atoms with Gasteiger partial charge in [0.1, 0.15) is 5.82 Å². The van der Waals surface area contributed by atoms with Crippen LogP contribution >= 0.6 is 0 Å². The van der Waals surface area contributed by atoms with Crippen LogP contribution in [-0.2, 0) is 4.74 Å². The summed E-state index contributed by atoms with van der Waals surface area (Å²) < 4.78 is 5.67. The van der Waals surface area contributed by atoms with E-state index >= 15 is 0 Å². The van der Waals surface area contributed by atoms with Crippen molar-refractivity contribution in [2.75, 3.05) is 36.5 Å². The van der Waals surface area contributed by atoms with Crippen LogP contribution in [-0.4, -0.2) is 42.3 Å². The number of hydrogen-bond acceptors (Lipinski definition) is 5. The van der Waals surface area contributed by atoms with Gasteiger partial charge in [-0.05, 0) is 32.3 Å². The number of piperidine rings is 1. The van der Waals surface area contributed by atoms with Gasteiger partial charge in [0.2, 0.25) is 5.95 Å². The fourth-order valence-corrected chi connectivity index (χ4v) is 2.33. The van der Waals surface area contributed by atoms with Crippen molar-refractivity contribution in [3.63, 3.8) is 0 Å². The van der Waals surface area contributed by atoms with E-state index in [9.17, 15) is 0 Å². The van der Waals surface area contributed by atoms with Crippen LogP contribution in [0.5, 0.6) is 0 Å². The van der Waals surface area contributed by atoms with Gasteiger partial charge in [0.05, 0.1) is 6.10 Å². The van der Waals surface area contributed by atoms with Crippen molar-refractivity contribution in [2.45, 2.75) is 39.2 Å². The molecule has 0 amide bonds. The first-order valence-corrected chi connectivity index (χ1v) is 7.27. The molecule has 0 aromatic carbocycles. The van der Waals surface area contributed by atoms with Crippen LogP contribution in [0.2, 0.25) is 0 Å². The molecule has 106 valence electrons. The molecule has 1 saturated heterocycles. The SMILES string of the molecule is CCCNc1nccc(N2CCC(OCC)CC2)n1. The van der Waals surface area contributed by atoms with Crippen molar-refractivity contribution in [3.8, 4) is 0 Å². The molecule has 0 radical (unpaired) electrons. The molecule has 19 heavy (non-hydrogen) atoms. The molecule has 0 spiro atoms. The van der Waals surface area contributed by atoms with Gasteiger partial charge in [0, 0.05) is 32.4 Å². The molecule has 5 nitrogen and oxygen atoms in total. The van der Waals surface area contributed by atoms with Crippen LogP contribution in [0.3, 0.4) is 0 Å². The molecule has 0 saturated carbocycles. The Morgan fingerprint density at radius 2 is 2.16 bits per heavy atom. The monoisotopic (exact) mass is 264 g/mol. The predicted octanol–water partition coefficient (Wildman–Crippen LogP) is 2.30. The first-order valence-electron chi connectivity index (χ1n) is 7.27. The first-order chi connectivity index (χ1) is 9.33. The molecule has 2 heterocycles. The Morgan fingerprint density at radius 1 is 1.37 bits per heavy atom. The highest BCUT2D eigenvalue weighted by molar-refractivity contribution is 5.42. The summed E-state index contributed by atoms with van der Waals surface area (Å²) in [4.78, 5) is 11.1. The van der Waals surface area contributed by atoms with E-state index in [1.165, 1.54) is 0 Å². The van der Waals surface area contributed by atoms with Crippen LogP contribution in [0, 0.1) is 0 Å². The Morgan fingerprint density at radius 3 is 2.84 bits per heavy atom. The molecule has 5 heteroatoms. The normalized spacial score (nSPS) is 16.6. The Hall–Kier alpha value is -1.36. The number of nitrogens with one attached hydrogen (secondary N) is 1. The number of hydrogen-bond donors (Lipinski definition) is 1. The summed E-state index contributed by atoms with van der Waals surface area (Å²) in [6, 6.07) is 1.98. The summed E-state index contributed by atoms with van der Waals surface area (Å²) >= 11 is 0. The van der Waals surface area contributed by atoms with Crippen LogP contribution in [0.25, 0.3) is 0 Å². The number of nitrogens with zero attached hydrogens (tertiary/aromatic N) is 3. The average molecular weight is 264 g/mol. The first kappa shape index (κ1) is 14.1. The lowest BCUT2D eigenvalue weighted by Crippen LogP contribution is -2.37. The topological polar surface area (TPSA) is 50.3 Å². The van der Waals surface area contributed by atoms with Gasteiger partial charge in [0.15, 0.2) is 0 Å². The minimum Gasteiger partial charge on any atom is -0.378 e. The highest BCUT2D eigenvalue weighted by Gasteiger charge is 2.20. The lowest BCUT2D eigenvalue weighted by molar-refractivity contribution is 0.0458. The summed E-state index contributed by atoms with van der Waals surface area (Å²) in [5.74, 6) is 1.75. The van der Waals surface area contributed by atoms with Gasteiger partial charge >= 0.3 is 0 Å². The second kappa shape index (κ2) is 7.28. The smallest absolute Gasteiger partial charge is 0.224 e. The second-order valence-corrected chi connectivity index (χ2v) is 4.81. The lowest BCUT2D eigenvalue weighted by Gasteiger charge is -2.32. The van der Waals surface area contributed by atoms with E-state index in [1.807, 2.05) is 12.3 Å². The van der Waals surface area contributed by atoms with Crippen molar-refractivity contribution in [3.05, 3.63) is 12.3 Å². The van der Waals surface area contributed by atoms with Crippen LogP contribution in [0.4, 0.5) is 11.8 Å². The molecule has 0 unspecified atom stereocenters. The third-order valence-electron chi connectivity index (χ3n) is 3.34. The van der Waals surface area contributed by atoms with Gasteiger partial charge < -0.3 is 15.0 Å². The van der Waals surface area contributed by atoms with Gasteiger partial charge in [-0.2, -0.15) is 4.98 Å². The van der Waals surface area contributed by atoms with Gasteiger partial charge in [-0.15, -0.1) is 0 Å². The molecule has 1 aliphatic rings. The minimum atomic E-state index is 0.417. The maximum Gasteiger partial charge on any atom is 0.224 e. The van der Waals surface area contributed by atoms with Crippen molar-refractivity contribution < 1.29 is 4.74 Å². The molecule has 1 aliphatic heterocycles. The van der Waals surface area contributed by atoms with E-state index in [2.05, 4.69) is 34.0 Å². The van der Waals surface area contributed by atoms with Crippen molar-refractivity contribution in [1.29, 1.82) is 0 Å². The third-order valence-corrected chi connectivity index (χ3v) is 3.34. The van der Waals surface area contributed by atoms with E-state index in [0.29, 0.717) is 6.10 Å². The quantitative estimate of drug-likeness (QED) is 0.854. The van der Waals surface area contributed by atoms with E-state index in [-0.39, 0.29) is 0 Å². The Kier molecular flexibility index (Phi) is 5.39. The summed E-state index contributed by atoms with van der Waals surface area (Å²) in [6.45, 7) is 7.93. The van der Waals surface area contributed by atoms with Crippen LogP contribution in [0.15, 0.2) is 12.3 Å². The molecule has 2 rings (SSSR count). The van der Waals surface area contributed by atoms with Crippen molar-refractivity contribution in [2.24, 2.45) is 0 Å². The minimum absolute atomic E-state index is 0.417. The standard InChI is InChI=1S/C14H24N4O/c1-3-8-15-14-16-9-5-13(17-14)18-10-6-12(7-11-18)19-4-2/h5,9,12H,3-4,6-8,10-11H2,1-2H3,(H,15,16,17). The van der Waals surface area contributed by atoms with E-state index in [0.717, 1.165) is 57.3 Å². The van der Waals surface area contributed by atoms with E-state index in [1.54, 1.807) is 0 Å². The van der Waals surface area contributed by atoms with E-state index < -0.39 is 0 Å². The number of aromatic nitrogens is 2.